The Morgan fingerprint density at radius 3 is 2.59 bits per heavy atom. The lowest BCUT2D eigenvalue weighted by Gasteiger charge is -2.31. The highest BCUT2D eigenvalue weighted by molar-refractivity contribution is 5.98. The number of Topliss-reactive ketones (excluding diaryl/α,β-unsaturated/α-hetero) is 1. The molecule has 1 fully saturated rings. The third kappa shape index (κ3) is 4.22. The van der Waals surface area contributed by atoms with E-state index in [1.807, 2.05) is 19.9 Å². The highest BCUT2D eigenvalue weighted by Crippen LogP contribution is 2.23. The summed E-state index contributed by atoms with van der Waals surface area (Å²) in [5, 5.41) is 0. The first-order chi connectivity index (χ1) is 16.2. The second kappa shape index (κ2) is 9.40. The summed E-state index contributed by atoms with van der Waals surface area (Å²) in [6.07, 6.45) is 2.36. The van der Waals surface area contributed by atoms with Gasteiger partial charge in [0.25, 0.3) is 5.56 Å². The zero-order valence-electron chi connectivity index (χ0n) is 19.8. The first kappa shape index (κ1) is 23.7. The number of rotatable bonds is 6. The van der Waals surface area contributed by atoms with Crippen molar-refractivity contribution in [2.75, 3.05) is 18.0 Å². The second-order valence-corrected chi connectivity index (χ2v) is 9.02. The number of hydrogen-bond donors (Lipinski definition) is 2. The highest BCUT2D eigenvalue weighted by atomic mass is 16.2. The van der Waals surface area contributed by atoms with E-state index in [0.717, 1.165) is 29.5 Å². The van der Waals surface area contributed by atoms with Crippen molar-refractivity contribution in [2.24, 2.45) is 18.5 Å². The Hall–Kier alpha value is -3.50. The van der Waals surface area contributed by atoms with Gasteiger partial charge in [0.05, 0.1) is 0 Å². The number of allylic oxidation sites excluding steroid dienone is 2. The summed E-state index contributed by atoms with van der Waals surface area (Å²) in [5.74, 6) is 0.0622. The van der Waals surface area contributed by atoms with Crippen LogP contribution in [-0.2, 0) is 13.6 Å². The zero-order valence-corrected chi connectivity index (χ0v) is 19.8. The minimum absolute atomic E-state index is 0.00265. The molecule has 3 aromatic rings. The molecular weight excluding hydrogens is 434 g/mol. The molecule has 2 aromatic heterocycles. The van der Waals surface area contributed by atoms with Crippen LogP contribution >= 0.6 is 0 Å². The SMILES string of the molecule is CC(C)=CCn1c(N2CCCC(N)C2)nc2c1c(=O)n(C(N)C(=O)c1ccccc1)c(=O)n2C. The van der Waals surface area contributed by atoms with Crippen molar-refractivity contribution in [3.05, 3.63) is 68.4 Å². The van der Waals surface area contributed by atoms with E-state index in [4.69, 9.17) is 16.5 Å². The van der Waals surface area contributed by atoms with Gasteiger partial charge in [0.1, 0.15) is 0 Å². The van der Waals surface area contributed by atoms with E-state index in [0.29, 0.717) is 24.6 Å². The number of hydrogen-bond acceptors (Lipinski definition) is 7. The number of imidazole rings is 1. The molecule has 10 nitrogen and oxygen atoms in total. The molecular formula is C24H31N7O3. The normalized spacial score (nSPS) is 17.1. The Morgan fingerprint density at radius 1 is 1.24 bits per heavy atom. The zero-order chi connectivity index (χ0) is 24.6. The number of aryl methyl sites for hydroxylation is 1. The molecule has 4 N–H and O–H groups in total. The van der Waals surface area contributed by atoms with E-state index in [2.05, 4.69) is 4.90 Å². The second-order valence-electron chi connectivity index (χ2n) is 9.02. The summed E-state index contributed by atoms with van der Waals surface area (Å²) in [6, 6.07) is 8.39. The van der Waals surface area contributed by atoms with Crippen molar-refractivity contribution in [1.29, 1.82) is 0 Å². The average Bonchev–Trinajstić information content (AvgIpc) is 3.21. The largest absolute Gasteiger partial charge is 0.341 e. The third-order valence-electron chi connectivity index (χ3n) is 6.19. The smallest absolute Gasteiger partial charge is 0.334 e. The van der Waals surface area contributed by atoms with Crippen molar-refractivity contribution < 1.29 is 4.79 Å². The number of carbonyl (C=O) groups is 1. The topological polar surface area (TPSA) is 134 Å². The van der Waals surface area contributed by atoms with Crippen molar-refractivity contribution in [3.63, 3.8) is 0 Å². The summed E-state index contributed by atoms with van der Waals surface area (Å²) in [7, 11) is 1.53. The maximum atomic E-state index is 13.7. The van der Waals surface area contributed by atoms with E-state index in [1.54, 1.807) is 34.9 Å². The fourth-order valence-corrected chi connectivity index (χ4v) is 4.34. The van der Waals surface area contributed by atoms with Gasteiger partial charge >= 0.3 is 5.69 Å². The monoisotopic (exact) mass is 465 g/mol. The maximum Gasteiger partial charge on any atom is 0.334 e. The van der Waals surface area contributed by atoms with Gasteiger partial charge in [-0.1, -0.05) is 42.0 Å². The molecule has 2 atom stereocenters. The molecule has 0 saturated carbocycles. The van der Waals surface area contributed by atoms with Gasteiger partial charge in [0.2, 0.25) is 5.95 Å². The molecule has 0 spiro atoms. The average molecular weight is 466 g/mol. The van der Waals surface area contributed by atoms with Crippen molar-refractivity contribution in [1.82, 2.24) is 18.7 Å². The number of carbonyl (C=O) groups excluding carboxylic acids is 1. The minimum atomic E-state index is -1.46. The van der Waals surface area contributed by atoms with Crippen LogP contribution < -0.4 is 27.6 Å². The number of nitrogens with two attached hydrogens (primary N) is 2. The van der Waals surface area contributed by atoms with Crippen molar-refractivity contribution in [3.8, 4) is 0 Å². The van der Waals surface area contributed by atoms with E-state index < -0.39 is 23.2 Å². The molecule has 4 rings (SSSR count). The van der Waals surface area contributed by atoms with Gasteiger partial charge in [-0.15, -0.1) is 0 Å². The number of fused-ring (bicyclic) bond motifs is 1. The van der Waals surface area contributed by atoms with E-state index in [-0.39, 0.29) is 17.2 Å². The highest BCUT2D eigenvalue weighted by Gasteiger charge is 2.29. The van der Waals surface area contributed by atoms with E-state index in [1.165, 1.54) is 11.6 Å². The van der Waals surface area contributed by atoms with Gasteiger partial charge in [0.15, 0.2) is 23.1 Å². The fraction of sp³-hybridized carbons (Fsp3) is 0.417. The van der Waals surface area contributed by atoms with Crippen LogP contribution in [-0.4, -0.2) is 43.6 Å². The number of benzene rings is 1. The number of ketones is 1. The summed E-state index contributed by atoms with van der Waals surface area (Å²) in [5.41, 5.74) is 12.9. The third-order valence-corrected chi connectivity index (χ3v) is 6.19. The van der Waals surface area contributed by atoms with Gasteiger partial charge in [-0.2, -0.15) is 4.98 Å². The van der Waals surface area contributed by atoms with Gasteiger partial charge in [0, 0.05) is 38.3 Å². The molecule has 0 bridgehead atoms. The molecule has 0 radical (unpaired) electrons. The Balaban J connectivity index is 1.94. The van der Waals surface area contributed by atoms with Gasteiger partial charge in [-0.3, -0.25) is 14.2 Å². The van der Waals surface area contributed by atoms with Gasteiger partial charge in [-0.05, 0) is 26.7 Å². The van der Waals surface area contributed by atoms with Crippen molar-refractivity contribution >= 4 is 22.9 Å². The Morgan fingerprint density at radius 2 is 1.94 bits per heavy atom. The predicted octanol–water partition coefficient (Wildman–Crippen LogP) is 1.13. The standard InChI is InChI=1S/C24H31N7O3/c1-15(2)11-13-30-18-21(27-23(30)29-12-7-10-17(25)14-29)28(3)24(34)31(22(18)33)20(26)19(32)16-8-5-4-6-9-16/h4-6,8-9,11,17,20H,7,10,12-14,25-26H2,1-3H3. The molecule has 2 unspecified atom stereocenters. The summed E-state index contributed by atoms with van der Waals surface area (Å²) in [6.45, 7) is 5.68. The van der Waals surface area contributed by atoms with Crippen LogP contribution in [0, 0.1) is 0 Å². The molecule has 0 aliphatic carbocycles. The molecule has 3 heterocycles. The number of aromatic nitrogens is 4. The molecule has 180 valence electrons. The molecule has 1 aliphatic rings. The number of anilines is 1. The molecule has 10 heteroatoms. The summed E-state index contributed by atoms with van der Waals surface area (Å²) >= 11 is 0. The lowest BCUT2D eigenvalue weighted by atomic mass is 10.1. The van der Waals surface area contributed by atoms with Crippen LogP contribution in [0.4, 0.5) is 5.95 Å². The first-order valence-electron chi connectivity index (χ1n) is 11.4. The number of nitrogens with zero attached hydrogens (tertiary/aromatic N) is 5. The summed E-state index contributed by atoms with van der Waals surface area (Å²) in [4.78, 5) is 46.6. The Bertz CT molecular complexity index is 1360. The predicted molar refractivity (Wildman–Crippen MR) is 132 cm³/mol. The first-order valence-corrected chi connectivity index (χ1v) is 11.4. The van der Waals surface area contributed by atoms with Crippen LogP contribution in [0.25, 0.3) is 11.2 Å². The fourth-order valence-electron chi connectivity index (χ4n) is 4.34. The molecule has 1 saturated heterocycles. The molecule has 0 amide bonds. The van der Waals surface area contributed by atoms with Crippen LogP contribution in [0.3, 0.4) is 0 Å². The van der Waals surface area contributed by atoms with Gasteiger partial charge < -0.3 is 20.9 Å². The minimum Gasteiger partial charge on any atom is -0.341 e. The lowest BCUT2D eigenvalue weighted by Crippen LogP contribution is -2.47. The molecule has 34 heavy (non-hydrogen) atoms. The van der Waals surface area contributed by atoms with Crippen LogP contribution in [0.5, 0.6) is 0 Å². The molecule has 1 aromatic carbocycles. The van der Waals surface area contributed by atoms with Crippen molar-refractivity contribution in [2.45, 2.75) is 45.4 Å². The lowest BCUT2D eigenvalue weighted by molar-refractivity contribution is 0.0922. The van der Waals surface area contributed by atoms with Crippen LogP contribution in [0.1, 0.15) is 43.2 Å². The summed E-state index contributed by atoms with van der Waals surface area (Å²) < 4.78 is 3.89. The maximum absolute atomic E-state index is 13.7. The van der Waals surface area contributed by atoms with Gasteiger partial charge in [-0.25, -0.2) is 9.36 Å². The Kier molecular flexibility index (Phi) is 6.54. The quantitative estimate of drug-likeness (QED) is 0.412. The molecule has 1 aliphatic heterocycles. The van der Waals surface area contributed by atoms with E-state index in [9.17, 15) is 14.4 Å². The van der Waals surface area contributed by atoms with E-state index >= 15 is 0 Å². The number of piperidine rings is 1. The Labute approximate surface area is 197 Å². The van der Waals surface area contributed by atoms with Crippen LogP contribution in [0.15, 0.2) is 51.6 Å². The van der Waals surface area contributed by atoms with Crippen LogP contribution in [0.2, 0.25) is 0 Å².